The molecule has 2 N–H and O–H groups in total. The first kappa shape index (κ1) is 21.8. The quantitative estimate of drug-likeness (QED) is 0.624. The van der Waals surface area contributed by atoms with E-state index >= 15 is 0 Å². The molecule has 1 aliphatic heterocycles. The van der Waals surface area contributed by atoms with Crippen molar-refractivity contribution in [2.75, 3.05) is 13.2 Å². The van der Waals surface area contributed by atoms with Gasteiger partial charge in [0.15, 0.2) is 0 Å². The Hall–Kier alpha value is -2.98. The largest absolute Gasteiger partial charge is 0.417 e. The van der Waals surface area contributed by atoms with Gasteiger partial charge in [-0.15, -0.1) is 0 Å². The first-order valence-corrected chi connectivity index (χ1v) is 10.8. The van der Waals surface area contributed by atoms with Crippen LogP contribution in [0.2, 0.25) is 0 Å². The van der Waals surface area contributed by atoms with Gasteiger partial charge in [0, 0.05) is 37.8 Å². The molecule has 0 bridgehead atoms. The second kappa shape index (κ2) is 7.81. The number of aliphatic hydroxyl groups is 1. The fourth-order valence-corrected chi connectivity index (χ4v) is 4.44. The lowest BCUT2D eigenvalue weighted by Gasteiger charge is -2.41. The fourth-order valence-electron chi connectivity index (χ4n) is 4.44. The number of aromatic nitrogens is 3. The van der Waals surface area contributed by atoms with Crippen LogP contribution in [-0.2, 0) is 16.5 Å². The molecule has 7 nitrogen and oxygen atoms in total. The van der Waals surface area contributed by atoms with Crippen molar-refractivity contribution in [2.24, 2.45) is 0 Å². The maximum Gasteiger partial charge on any atom is 0.417 e. The number of pyridine rings is 1. The number of alkyl halides is 3. The summed E-state index contributed by atoms with van der Waals surface area (Å²) in [7, 11) is 0. The molecular weight excluding hydrogens is 437 g/mol. The van der Waals surface area contributed by atoms with Crippen molar-refractivity contribution in [3.05, 3.63) is 64.9 Å². The van der Waals surface area contributed by atoms with Gasteiger partial charge in [-0.1, -0.05) is 0 Å². The van der Waals surface area contributed by atoms with Gasteiger partial charge in [-0.25, -0.2) is 4.98 Å². The van der Waals surface area contributed by atoms with Crippen LogP contribution in [0.1, 0.15) is 57.9 Å². The molecule has 2 fully saturated rings. The minimum absolute atomic E-state index is 0.0819. The number of aryl methyl sites for hydroxylation is 1. The van der Waals surface area contributed by atoms with E-state index in [0.29, 0.717) is 28.9 Å². The van der Waals surface area contributed by atoms with Crippen LogP contribution in [0.3, 0.4) is 0 Å². The molecule has 1 aliphatic carbocycles. The molecule has 3 aromatic heterocycles. The zero-order valence-corrected chi connectivity index (χ0v) is 17.9. The number of ether oxygens (including phenoxy) is 1. The number of rotatable bonds is 4. The molecule has 2 unspecified atom stereocenters. The summed E-state index contributed by atoms with van der Waals surface area (Å²) in [4.78, 5) is 21.9. The molecule has 33 heavy (non-hydrogen) atoms. The summed E-state index contributed by atoms with van der Waals surface area (Å²) in [6.07, 6.45) is 2.97. The number of carbonyl (C=O) groups is 1. The maximum atomic E-state index is 13.5. The number of hydrogen-bond donors (Lipinski definition) is 2. The number of amides is 1. The maximum absolute atomic E-state index is 13.5. The summed E-state index contributed by atoms with van der Waals surface area (Å²) in [5.41, 5.74) is 0.492. The first-order valence-electron chi connectivity index (χ1n) is 10.8. The molecule has 174 valence electrons. The molecule has 10 heteroatoms. The van der Waals surface area contributed by atoms with Crippen LogP contribution in [0.15, 0.2) is 36.9 Å². The van der Waals surface area contributed by atoms with Crippen LogP contribution in [0.5, 0.6) is 0 Å². The van der Waals surface area contributed by atoms with Gasteiger partial charge >= 0.3 is 6.18 Å². The van der Waals surface area contributed by atoms with Crippen LogP contribution in [0, 0.1) is 6.92 Å². The van der Waals surface area contributed by atoms with Crippen molar-refractivity contribution in [2.45, 2.75) is 49.9 Å². The van der Waals surface area contributed by atoms with Crippen LogP contribution in [-0.4, -0.2) is 44.7 Å². The molecule has 0 radical (unpaired) electrons. The van der Waals surface area contributed by atoms with Gasteiger partial charge in [0.2, 0.25) is 0 Å². The lowest BCUT2D eigenvalue weighted by molar-refractivity contribution is -0.137. The molecule has 1 saturated carbocycles. The molecule has 0 spiro atoms. The Bertz CT molecular complexity index is 1200. The highest BCUT2D eigenvalue weighted by molar-refractivity contribution is 6.02. The topological polar surface area (TPSA) is 88.8 Å². The highest BCUT2D eigenvalue weighted by Gasteiger charge is 2.46. The Morgan fingerprint density at radius 2 is 2.03 bits per heavy atom. The van der Waals surface area contributed by atoms with Gasteiger partial charge in [0.05, 0.1) is 23.4 Å². The van der Waals surface area contributed by atoms with Crippen LogP contribution in [0.4, 0.5) is 13.2 Å². The second-order valence-electron chi connectivity index (χ2n) is 8.78. The summed E-state index contributed by atoms with van der Waals surface area (Å²) < 4.78 is 46.2. The molecule has 5 rings (SSSR count). The van der Waals surface area contributed by atoms with Gasteiger partial charge in [-0.05, 0) is 48.9 Å². The smallest absolute Gasteiger partial charge is 0.388 e. The SMILES string of the molecule is Cc1cn2cc(C3CC3)cnc2c1C(=O)NC1(c2ccc(C(F)(F)F)cn2)CCOCC1O. The van der Waals surface area contributed by atoms with Crippen LogP contribution in [0.25, 0.3) is 5.65 Å². The second-order valence-corrected chi connectivity index (χ2v) is 8.78. The Kier molecular flexibility index (Phi) is 5.17. The van der Waals surface area contributed by atoms with E-state index in [1.165, 1.54) is 6.07 Å². The predicted octanol–water partition coefficient (Wildman–Crippen LogP) is 3.34. The number of nitrogens with one attached hydrogen (secondary N) is 1. The molecule has 3 aromatic rings. The number of halogens is 3. The summed E-state index contributed by atoms with van der Waals surface area (Å²) in [6.45, 7) is 1.92. The first-order chi connectivity index (χ1) is 15.7. The van der Waals surface area contributed by atoms with E-state index in [4.69, 9.17) is 4.74 Å². The number of nitrogens with zero attached hydrogens (tertiary/aromatic N) is 3. The molecule has 0 aromatic carbocycles. The molecule has 1 saturated heterocycles. The lowest BCUT2D eigenvalue weighted by Crippen LogP contribution is -2.58. The van der Waals surface area contributed by atoms with E-state index in [2.05, 4.69) is 15.3 Å². The van der Waals surface area contributed by atoms with E-state index in [0.717, 1.165) is 24.5 Å². The van der Waals surface area contributed by atoms with Gasteiger partial charge < -0.3 is 19.6 Å². The van der Waals surface area contributed by atoms with Gasteiger partial charge in [-0.3, -0.25) is 9.78 Å². The number of aliphatic hydroxyl groups excluding tert-OH is 1. The van der Waals surface area contributed by atoms with E-state index in [9.17, 15) is 23.1 Å². The number of carbonyl (C=O) groups excluding carboxylic acids is 1. The van der Waals surface area contributed by atoms with E-state index < -0.39 is 29.3 Å². The third kappa shape index (κ3) is 3.87. The van der Waals surface area contributed by atoms with E-state index in [-0.39, 0.29) is 25.3 Å². The van der Waals surface area contributed by atoms with Crippen molar-refractivity contribution >= 4 is 11.6 Å². The monoisotopic (exact) mass is 460 g/mol. The van der Waals surface area contributed by atoms with E-state index in [1.807, 2.05) is 16.8 Å². The van der Waals surface area contributed by atoms with E-state index in [1.54, 1.807) is 13.1 Å². The van der Waals surface area contributed by atoms with Crippen LogP contribution < -0.4 is 5.32 Å². The zero-order valence-electron chi connectivity index (χ0n) is 17.9. The summed E-state index contributed by atoms with van der Waals surface area (Å²) in [5.74, 6) is 0.0256. The van der Waals surface area contributed by atoms with Crippen molar-refractivity contribution < 1.29 is 27.8 Å². The Morgan fingerprint density at radius 1 is 1.24 bits per heavy atom. The average Bonchev–Trinajstić information content (AvgIpc) is 3.56. The lowest BCUT2D eigenvalue weighted by atomic mass is 9.83. The molecule has 2 atom stereocenters. The third-order valence-corrected chi connectivity index (χ3v) is 6.46. The predicted molar refractivity (Wildman–Crippen MR) is 112 cm³/mol. The van der Waals surface area contributed by atoms with Crippen molar-refractivity contribution in [3.8, 4) is 0 Å². The van der Waals surface area contributed by atoms with Crippen molar-refractivity contribution in [3.63, 3.8) is 0 Å². The Morgan fingerprint density at radius 3 is 2.67 bits per heavy atom. The van der Waals surface area contributed by atoms with Crippen LogP contribution >= 0.6 is 0 Å². The third-order valence-electron chi connectivity index (χ3n) is 6.46. The Balaban J connectivity index is 1.51. The highest BCUT2D eigenvalue weighted by Crippen LogP contribution is 2.40. The summed E-state index contributed by atoms with van der Waals surface area (Å²) >= 11 is 0. The summed E-state index contributed by atoms with van der Waals surface area (Å²) in [6, 6.07) is 2.10. The van der Waals surface area contributed by atoms with Crippen molar-refractivity contribution in [1.29, 1.82) is 0 Å². The number of hydrogen-bond acceptors (Lipinski definition) is 5. The molecular formula is C23H23F3N4O3. The highest BCUT2D eigenvalue weighted by atomic mass is 19.4. The fraction of sp³-hybridized carbons (Fsp3) is 0.435. The Labute approximate surface area is 187 Å². The van der Waals surface area contributed by atoms with Gasteiger partial charge in [0.1, 0.15) is 17.3 Å². The molecule has 2 aliphatic rings. The minimum atomic E-state index is -4.54. The standard InChI is InChI=1S/C23H23F3N4O3/c1-13-10-30-11-15(14-2-3-14)8-28-20(30)19(13)21(32)29-22(6-7-33-12-18(22)31)17-5-4-16(9-27-17)23(24,25)26/h4-5,8-11,14,18,31H,2-3,6-7,12H2,1H3,(H,29,32). The normalized spacial score (nSPS) is 23.6. The zero-order chi connectivity index (χ0) is 23.4. The average molecular weight is 460 g/mol. The minimum Gasteiger partial charge on any atom is -0.388 e. The summed E-state index contributed by atoms with van der Waals surface area (Å²) in [5, 5.41) is 13.7. The number of fused-ring (bicyclic) bond motifs is 1. The van der Waals surface area contributed by atoms with Gasteiger partial charge in [0.25, 0.3) is 5.91 Å². The van der Waals surface area contributed by atoms with Gasteiger partial charge in [-0.2, -0.15) is 13.2 Å². The van der Waals surface area contributed by atoms with Crippen molar-refractivity contribution in [1.82, 2.24) is 19.7 Å². The molecule has 4 heterocycles. The molecule has 1 amide bonds.